The average Bonchev–Trinajstić information content (AvgIpc) is 2.96. The first-order valence-corrected chi connectivity index (χ1v) is 7.71. The first kappa shape index (κ1) is 19.5. The molecule has 23 heavy (non-hydrogen) atoms. The number of aryl methyl sites for hydroxylation is 3. The van der Waals surface area contributed by atoms with Crippen LogP contribution in [0.25, 0.3) is 0 Å². The summed E-state index contributed by atoms with van der Waals surface area (Å²) in [6.45, 7) is 10.6. The molecule has 0 aliphatic heterocycles. The minimum absolute atomic E-state index is 0. The van der Waals surface area contributed by atoms with Gasteiger partial charge >= 0.3 is 0 Å². The Morgan fingerprint density at radius 2 is 1.83 bits per heavy atom. The third kappa shape index (κ3) is 5.89. The van der Waals surface area contributed by atoms with Gasteiger partial charge in [-0.05, 0) is 56.5 Å². The van der Waals surface area contributed by atoms with E-state index in [-0.39, 0.29) is 24.0 Å². The number of halogens is 1. The van der Waals surface area contributed by atoms with E-state index in [9.17, 15) is 0 Å². The van der Waals surface area contributed by atoms with E-state index in [2.05, 4.69) is 55.5 Å². The molecule has 5 heteroatoms. The highest BCUT2D eigenvalue weighted by Gasteiger charge is 2.05. The second-order valence-corrected chi connectivity index (χ2v) is 5.51. The first-order chi connectivity index (χ1) is 10.6. The fourth-order valence-electron chi connectivity index (χ4n) is 2.54. The molecule has 2 aromatic rings. The Kier molecular flexibility index (Phi) is 8.16. The Morgan fingerprint density at radius 1 is 1.13 bits per heavy atom. The molecule has 0 saturated carbocycles. The number of hydrogen-bond donors (Lipinski definition) is 2. The Bertz CT molecular complexity index is 613. The minimum Gasteiger partial charge on any atom is -0.467 e. The molecule has 0 amide bonds. The molecule has 0 aliphatic carbocycles. The standard InChI is InChI=1S/C18H25N3O.HI/c1-5-19-18(20-11-16-7-6-8-22-16)21-12-17-14(3)9-13(2)10-15(17)4;/h6-10H,5,11-12H2,1-4H3,(H2,19,20,21);1H. The number of nitrogens with zero attached hydrogens (tertiary/aromatic N) is 1. The van der Waals surface area contributed by atoms with Crippen molar-refractivity contribution < 1.29 is 4.42 Å². The van der Waals surface area contributed by atoms with E-state index < -0.39 is 0 Å². The van der Waals surface area contributed by atoms with Crippen molar-refractivity contribution in [3.8, 4) is 0 Å². The van der Waals surface area contributed by atoms with Crippen molar-refractivity contribution in [3.05, 3.63) is 58.5 Å². The maximum Gasteiger partial charge on any atom is 0.191 e. The van der Waals surface area contributed by atoms with Crippen LogP contribution in [0.2, 0.25) is 0 Å². The molecule has 0 atom stereocenters. The van der Waals surface area contributed by atoms with E-state index in [4.69, 9.17) is 4.42 Å². The highest BCUT2D eigenvalue weighted by molar-refractivity contribution is 14.0. The molecule has 0 spiro atoms. The quantitative estimate of drug-likeness (QED) is 0.430. The highest BCUT2D eigenvalue weighted by Crippen LogP contribution is 2.17. The van der Waals surface area contributed by atoms with E-state index in [0.29, 0.717) is 13.1 Å². The van der Waals surface area contributed by atoms with Crippen LogP contribution in [0, 0.1) is 20.8 Å². The lowest BCUT2D eigenvalue weighted by Gasteiger charge is -2.12. The molecule has 2 N–H and O–H groups in total. The summed E-state index contributed by atoms with van der Waals surface area (Å²) in [5.41, 5.74) is 5.18. The second kappa shape index (κ2) is 9.60. The Balaban J connectivity index is 0.00000264. The van der Waals surface area contributed by atoms with Crippen LogP contribution < -0.4 is 10.6 Å². The van der Waals surface area contributed by atoms with Gasteiger partial charge in [0, 0.05) is 6.54 Å². The van der Waals surface area contributed by atoms with E-state index >= 15 is 0 Å². The summed E-state index contributed by atoms with van der Waals surface area (Å²) in [6.07, 6.45) is 1.68. The van der Waals surface area contributed by atoms with Gasteiger partial charge in [-0.2, -0.15) is 0 Å². The summed E-state index contributed by atoms with van der Waals surface area (Å²) in [4.78, 5) is 4.69. The molecule has 1 aromatic heterocycles. The molecule has 0 bridgehead atoms. The zero-order chi connectivity index (χ0) is 15.9. The summed E-state index contributed by atoms with van der Waals surface area (Å²) in [5, 5.41) is 6.55. The molecule has 0 aliphatic rings. The highest BCUT2D eigenvalue weighted by atomic mass is 127. The summed E-state index contributed by atoms with van der Waals surface area (Å²) >= 11 is 0. The average molecular weight is 427 g/mol. The molecule has 2 rings (SSSR count). The molecule has 1 heterocycles. The predicted octanol–water partition coefficient (Wildman–Crippen LogP) is 4.08. The van der Waals surface area contributed by atoms with Crippen molar-refractivity contribution in [2.24, 2.45) is 4.99 Å². The maximum absolute atomic E-state index is 5.33. The molecule has 0 radical (unpaired) electrons. The van der Waals surface area contributed by atoms with Crippen molar-refractivity contribution in [2.45, 2.75) is 40.8 Å². The van der Waals surface area contributed by atoms with E-state index in [1.165, 1.54) is 22.3 Å². The van der Waals surface area contributed by atoms with E-state index in [1.54, 1.807) is 6.26 Å². The van der Waals surface area contributed by atoms with Crippen molar-refractivity contribution in [1.82, 2.24) is 10.6 Å². The third-order valence-corrected chi connectivity index (χ3v) is 3.59. The number of guanidine groups is 1. The van der Waals surface area contributed by atoms with Crippen LogP contribution in [-0.4, -0.2) is 12.5 Å². The Morgan fingerprint density at radius 3 is 2.39 bits per heavy atom. The zero-order valence-corrected chi connectivity index (χ0v) is 16.6. The van der Waals surface area contributed by atoms with E-state index in [1.807, 2.05) is 12.1 Å². The fraction of sp³-hybridized carbons (Fsp3) is 0.389. The van der Waals surface area contributed by atoms with Crippen molar-refractivity contribution in [3.63, 3.8) is 0 Å². The molecule has 126 valence electrons. The van der Waals surface area contributed by atoms with Gasteiger partial charge in [-0.25, -0.2) is 4.99 Å². The van der Waals surface area contributed by atoms with Gasteiger partial charge in [0.25, 0.3) is 0 Å². The number of aliphatic imine (C=N–C) groups is 1. The minimum atomic E-state index is 0. The topological polar surface area (TPSA) is 49.6 Å². The van der Waals surface area contributed by atoms with Crippen molar-refractivity contribution in [2.75, 3.05) is 6.54 Å². The van der Waals surface area contributed by atoms with E-state index in [0.717, 1.165) is 18.3 Å². The van der Waals surface area contributed by atoms with Gasteiger partial charge in [-0.1, -0.05) is 17.7 Å². The van der Waals surface area contributed by atoms with Crippen LogP contribution in [-0.2, 0) is 13.1 Å². The van der Waals surface area contributed by atoms with Gasteiger partial charge in [0.05, 0.1) is 19.4 Å². The normalized spacial score (nSPS) is 11.0. The lowest BCUT2D eigenvalue weighted by molar-refractivity contribution is 0.501. The number of hydrogen-bond acceptors (Lipinski definition) is 2. The number of rotatable bonds is 5. The molecular weight excluding hydrogens is 401 g/mol. The number of benzene rings is 1. The number of furan rings is 1. The maximum atomic E-state index is 5.33. The summed E-state index contributed by atoms with van der Waals surface area (Å²) in [7, 11) is 0. The van der Waals surface area contributed by atoms with Crippen LogP contribution in [0.1, 0.15) is 34.9 Å². The number of nitrogens with one attached hydrogen (secondary N) is 2. The Hall–Kier alpha value is -1.50. The Labute approximate surface area is 155 Å². The largest absolute Gasteiger partial charge is 0.467 e. The van der Waals surface area contributed by atoms with Gasteiger partial charge in [-0.15, -0.1) is 24.0 Å². The first-order valence-electron chi connectivity index (χ1n) is 7.71. The van der Waals surface area contributed by atoms with Gasteiger partial charge < -0.3 is 15.1 Å². The fourth-order valence-corrected chi connectivity index (χ4v) is 2.54. The summed E-state index contributed by atoms with van der Waals surface area (Å²) in [5.74, 6) is 1.70. The van der Waals surface area contributed by atoms with Crippen LogP contribution >= 0.6 is 24.0 Å². The molecule has 4 nitrogen and oxygen atoms in total. The molecule has 1 aromatic carbocycles. The van der Waals surface area contributed by atoms with Gasteiger partial charge in [0.2, 0.25) is 0 Å². The molecular formula is C18H26IN3O. The summed E-state index contributed by atoms with van der Waals surface area (Å²) in [6, 6.07) is 8.26. The predicted molar refractivity (Wildman–Crippen MR) is 106 cm³/mol. The summed E-state index contributed by atoms with van der Waals surface area (Å²) < 4.78 is 5.33. The monoisotopic (exact) mass is 427 g/mol. The lowest BCUT2D eigenvalue weighted by atomic mass is 10.00. The van der Waals surface area contributed by atoms with Gasteiger partial charge in [0.15, 0.2) is 5.96 Å². The van der Waals surface area contributed by atoms with Crippen LogP contribution in [0.15, 0.2) is 39.9 Å². The van der Waals surface area contributed by atoms with Crippen LogP contribution in [0.4, 0.5) is 0 Å². The van der Waals surface area contributed by atoms with Crippen LogP contribution in [0.5, 0.6) is 0 Å². The molecule has 0 unspecified atom stereocenters. The van der Waals surface area contributed by atoms with Gasteiger partial charge in [-0.3, -0.25) is 0 Å². The van der Waals surface area contributed by atoms with Crippen molar-refractivity contribution in [1.29, 1.82) is 0 Å². The van der Waals surface area contributed by atoms with Gasteiger partial charge in [0.1, 0.15) is 5.76 Å². The SMILES string of the molecule is CCNC(=NCc1c(C)cc(C)cc1C)NCc1ccco1.I. The zero-order valence-electron chi connectivity index (χ0n) is 14.3. The second-order valence-electron chi connectivity index (χ2n) is 5.51. The molecule has 0 saturated heterocycles. The smallest absolute Gasteiger partial charge is 0.191 e. The molecule has 0 fully saturated rings. The van der Waals surface area contributed by atoms with Crippen molar-refractivity contribution >= 4 is 29.9 Å². The third-order valence-electron chi connectivity index (χ3n) is 3.59. The van der Waals surface area contributed by atoms with Crippen LogP contribution in [0.3, 0.4) is 0 Å². The lowest BCUT2D eigenvalue weighted by Crippen LogP contribution is -2.36.